The van der Waals surface area contributed by atoms with Crippen molar-refractivity contribution in [2.24, 2.45) is 5.28 Å². The number of aliphatic hydroxyl groups is 1. The maximum atomic E-state index is 11.9. The van der Waals surface area contributed by atoms with Crippen LogP contribution >= 0.6 is 0 Å². The normalized spacial score (nSPS) is 25.4. The summed E-state index contributed by atoms with van der Waals surface area (Å²) in [6.45, 7) is 5.78. The molecule has 6 heteroatoms. The van der Waals surface area contributed by atoms with E-state index >= 15 is 0 Å². The highest BCUT2D eigenvalue weighted by molar-refractivity contribution is 5.17. The lowest BCUT2D eigenvalue weighted by Crippen LogP contribution is -2.43. The van der Waals surface area contributed by atoms with Gasteiger partial charge < -0.3 is 15.2 Å². The van der Waals surface area contributed by atoms with Gasteiger partial charge in [-0.3, -0.25) is 0 Å². The van der Waals surface area contributed by atoms with Crippen LogP contribution in [0.4, 0.5) is 0 Å². The van der Waals surface area contributed by atoms with E-state index in [9.17, 15) is 10.3 Å². The minimum atomic E-state index is -0.694. The van der Waals surface area contributed by atoms with Crippen molar-refractivity contribution in [3.63, 3.8) is 0 Å². The van der Waals surface area contributed by atoms with Gasteiger partial charge >= 0.3 is 0 Å². The summed E-state index contributed by atoms with van der Waals surface area (Å²) >= 11 is 0. The molecule has 0 heterocycles. The van der Waals surface area contributed by atoms with Gasteiger partial charge in [0.25, 0.3) is 0 Å². The van der Waals surface area contributed by atoms with Crippen molar-refractivity contribution < 1.29 is 14.9 Å². The molecule has 1 N–H and O–H groups in total. The fourth-order valence-corrected chi connectivity index (χ4v) is 2.81. The molecule has 0 atom stereocenters. The Balaban J connectivity index is 1.84. The van der Waals surface area contributed by atoms with E-state index in [2.05, 4.69) is 5.28 Å². The number of nitrogens with zero attached hydrogens (tertiary/aromatic N) is 3. The fraction of sp³-hybridized carbons (Fsp3) is 0.667. The Labute approximate surface area is 144 Å². The number of hydrogen-bond acceptors (Lipinski definition) is 4. The van der Waals surface area contributed by atoms with Crippen LogP contribution in [0.25, 0.3) is 0 Å². The Bertz CT molecular complexity index is 546. The highest BCUT2D eigenvalue weighted by Crippen LogP contribution is 2.32. The summed E-state index contributed by atoms with van der Waals surface area (Å²) in [4.78, 5) is 5.88. The second-order valence-corrected chi connectivity index (χ2v) is 7.72. The van der Waals surface area contributed by atoms with Crippen molar-refractivity contribution >= 4 is 0 Å². The molecule has 0 amide bonds. The molecule has 24 heavy (non-hydrogen) atoms. The second-order valence-electron chi connectivity index (χ2n) is 7.72. The average Bonchev–Trinajstić information content (AvgIpc) is 2.53. The molecule has 6 nitrogen and oxygen atoms in total. The summed E-state index contributed by atoms with van der Waals surface area (Å²) in [6.07, 6.45) is 3.22. The van der Waals surface area contributed by atoms with E-state index < -0.39 is 5.60 Å². The molecule has 1 fully saturated rings. The van der Waals surface area contributed by atoms with Gasteiger partial charge in [-0.05, 0) is 52.0 Å². The summed E-state index contributed by atoms with van der Waals surface area (Å²) < 4.78 is 0. The maximum absolute atomic E-state index is 11.9. The highest BCUT2D eigenvalue weighted by Gasteiger charge is 2.35. The first-order chi connectivity index (χ1) is 11.2. The molecule has 0 spiro atoms. The minimum absolute atomic E-state index is 0.120. The van der Waals surface area contributed by atoms with Crippen molar-refractivity contribution in [3.05, 3.63) is 41.1 Å². The molecular formula is C18H29N3O3. The van der Waals surface area contributed by atoms with Crippen LogP contribution in [0.1, 0.15) is 52.0 Å². The van der Waals surface area contributed by atoms with Crippen LogP contribution in [-0.4, -0.2) is 39.4 Å². The molecule has 0 bridgehead atoms. The van der Waals surface area contributed by atoms with E-state index in [1.165, 1.54) is 5.01 Å². The van der Waals surface area contributed by atoms with E-state index in [-0.39, 0.29) is 11.6 Å². The standard InChI is InChI=1S/C18H29N3O3/c1-17(2,3)20(4)21(23)19-24-16-10-12-18(22,13-11-16)14-15-8-6-5-7-9-15/h5-9,16,22H,10-14H2,1-4H3/b21-19-. The smallest absolute Gasteiger partial charge is 0.233 e. The van der Waals surface area contributed by atoms with Gasteiger partial charge in [-0.1, -0.05) is 30.3 Å². The summed E-state index contributed by atoms with van der Waals surface area (Å²) in [7, 11) is 1.68. The number of rotatable bonds is 5. The second kappa shape index (κ2) is 7.38. The molecule has 0 radical (unpaired) electrons. The van der Waals surface area contributed by atoms with Crippen molar-refractivity contribution in [3.8, 4) is 0 Å². The van der Waals surface area contributed by atoms with Gasteiger partial charge in [-0.2, -0.15) is 0 Å². The van der Waals surface area contributed by atoms with Crippen LogP contribution < -0.4 is 0 Å². The Morgan fingerprint density at radius 3 is 2.42 bits per heavy atom. The Hall–Kier alpha value is -1.82. The molecule has 0 aromatic heterocycles. The van der Waals surface area contributed by atoms with Gasteiger partial charge in [-0.25, -0.2) is 0 Å². The Morgan fingerprint density at radius 1 is 1.29 bits per heavy atom. The third kappa shape index (κ3) is 5.09. The lowest BCUT2D eigenvalue weighted by Gasteiger charge is -2.34. The third-order valence-corrected chi connectivity index (χ3v) is 4.73. The molecule has 2 rings (SSSR count). The molecule has 134 valence electrons. The molecule has 0 saturated heterocycles. The first-order valence-corrected chi connectivity index (χ1v) is 8.54. The van der Waals surface area contributed by atoms with Crippen molar-refractivity contribution in [1.82, 2.24) is 5.01 Å². The van der Waals surface area contributed by atoms with Crippen LogP contribution in [0.15, 0.2) is 35.6 Å². The topological polar surface area (TPSA) is 71.1 Å². The molecule has 0 unspecified atom stereocenters. The zero-order valence-electron chi connectivity index (χ0n) is 15.1. The van der Waals surface area contributed by atoms with Gasteiger partial charge in [0.05, 0.1) is 23.2 Å². The highest BCUT2D eigenvalue weighted by atomic mass is 16.7. The molecule has 1 aliphatic carbocycles. The summed E-state index contributed by atoms with van der Waals surface area (Å²) in [5.41, 5.74) is 0.124. The van der Waals surface area contributed by atoms with Crippen LogP contribution in [-0.2, 0) is 11.3 Å². The van der Waals surface area contributed by atoms with Gasteiger partial charge in [0.2, 0.25) is 5.28 Å². The van der Waals surface area contributed by atoms with Gasteiger partial charge in [0, 0.05) is 6.42 Å². The summed E-state index contributed by atoms with van der Waals surface area (Å²) in [6, 6.07) is 10.0. The number of benzene rings is 1. The van der Waals surface area contributed by atoms with Gasteiger partial charge in [0.1, 0.15) is 6.10 Å². The monoisotopic (exact) mass is 335 g/mol. The SMILES string of the molecule is CN(/[N+]([O-])=N/OC1CCC(O)(Cc2ccccc2)CC1)C(C)(C)C. The first kappa shape index (κ1) is 18.5. The van der Waals surface area contributed by atoms with Gasteiger partial charge in [0.15, 0.2) is 0 Å². The largest absolute Gasteiger partial charge is 0.569 e. The summed E-state index contributed by atoms with van der Waals surface area (Å²) in [5, 5.41) is 27.8. The fourth-order valence-electron chi connectivity index (χ4n) is 2.81. The minimum Gasteiger partial charge on any atom is -0.569 e. The van der Waals surface area contributed by atoms with Crippen LogP contribution in [0.2, 0.25) is 0 Å². The quantitative estimate of drug-likeness (QED) is 0.508. The molecular weight excluding hydrogens is 306 g/mol. The molecule has 1 aromatic rings. The molecule has 1 saturated carbocycles. The zero-order valence-corrected chi connectivity index (χ0v) is 15.1. The third-order valence-electron chi connectivity index (χ3n) is 4.73. The average molecular weight is 335 g/mol. The first-order valence-electron chi connectivity index (χ1n) is 8.54. The lowest BCUT2D eigenvalue weighted by atomic mass is 9.79. The number of hydrazine groups is 1. The lowest BCUT2D eigenvalue weighted by molar-refractivity contribution is -0.720. The van der Waals surface area contributed by atoms with Crippen molar-refractivity contribution in [1.29, 1.82) is 0 Å². The molecule has 0 aliphatic heterocycles. The van der Waals surface area contributed by atoms with Crippen molar-refractivity contribution in [2.45, 2.75) is 70.1 Å². The van der Waals surface area contributed by atoms with Crippen LogP contribution in [0.3, 0.4) is 0 Å². The zero-order chi connectivity index (χ0) is 17.8. The van der Waals surface area contributed by atoms with E-state index in [1.54, 1.807) is 7.05 Å². The van der Waals surface area contributed by atoms with E-state index in [0.29, 0.717) is 37.1 Å². The Morgan fingerprint density at radius 2 is 1.88 bits per heavy atom. The van der Waals surface area contributed by atoms with E-state index in [4.69, 9.17) is 4.84 Å². The summed E-state index contributed by atoms with van der Waals surface area (Å²) in [5.74, 6) is 0. The van der Waals surface area contributed by atoms with Crippen LogP contribution in [0.5, 0.6) is 0 Å². The van der Waals surface area contributed by atoms with E-state index in [1.807, 2.05) is 51.1 Å². The van der Waals surface area contributed by atoms with Crippen LogP contribution in [0, 0.1) is 5.21 Å². The van der Waals surface area contributed by atoms with Gasteiger partial charge in [-0.15, -0.1) is 5.01 Å². The van der Waals surface area contributed by atoms with Crippen molar-refractivity contribution in [2.75, 3.05) is 7.05 Å². The number of hydrogen-bond donors (Lipinski definition) is 1. The predicted octanol–water partition coefficient (Wildman–Crippen LogP) is 3.44. The van der Waals surface area contributed by atoms with E-state index in [0.717, 1.165) is 5.56 Å². The molecule has 1 aliphatic rings. The Kier molecular flexibility index (Phi) is 5.70. The maximum Gasteiger partial charge on any atom is 0.233 e. The predicted molar refractivity (Wildman–Crippen MR) is 92.0 cm³/mol. The molecule has 1 aromatic carbocycles.